The fraction of sp³-hybridized carbons (Fsp3) is 0.529. The summed E-state index contributed by atoms with van der Waals surface area (Å²) < 4.78 is 20.7. The van der Waals surface area contributed by atoms with Crippen LogP contribution in [0.2, 0.25) is 0 Å². The third-order valence-corrected chi connectivity index (χ3v) is 4.65. The van der Waals surface area contributed by atoms with Gasteiger partial charge in [-0.1, -0.05) is 0 Å². The zero-order chi connectivity index (χ0) is 18.5. The molecule has 3 rings (SSSR count). The van der Waals surface area contributed by atoms with Crippen LogP contribution in [-0.2, 0) is 11.3 Å². The zero-order valence-electron chi connectivity index (χ0n) is 14.5. The predicted molar refractivity (Wildman–Crippen MR) is 89.6 cm³/mol. The van der Waals surface area contributed by atoms with Gasteiger partial charge < -0.3 is 15.2 Å². The van der Waals surface area contributed by atoms with Gasteiger partial charge in [-0.2, -0.15) is 0 Å². The van der Waals surface area contributed by atoms with Crippen LogP contribution in [0.1, 0.15) is 37.3 Å². The average Bonchev–Trinajstić information content (AvgIpc) is 3.10. The molecule has 0 spiro atoms. The number of hydrogen-bond donors (Lipinski definition) is 2. The minimum Gasteiger partial charge on any atom is -0.496 e. The molecule has 0 radical (unpaired) electrons. The lowest BCUT2D eigenvalue weighted by atomic mass is 9.74. The van der Waals surface area contributed by atoms with E-state index in [1.165, 1.54) is 25.6 Å². The molecule has 9 heteroatoms. The first-order chi connectivity index (χ1) is 12.6. The van der Waals surface area contributed by atoms with Crippen molar-refractivity contribution < 1.29 is 19.0 Å². The summed E-state index contributed by atoms with van der Waals surface area (Å²) in [4.78, 5) is 12.4. The van der Waals surface area contributed by atoms with E-state index in [1.54, 1.807) is 10.7 Å². The lowest BCUT2D eigenvalue weighted by Gasteiger charge is -2.38. The topological polar surface area (TPSA) is 102 Å². The lowest BCUT2D eigenvalue weighted by molar-refractivity contribution is -0.123. The molecule has 140 valence electrons. The molecule has 1 heterocycles. The number of hydrogen-bond acceptors (Lipinski definition) is 6. The fourth-order valence-electron chi connectivity index (χ4n) is 3.23. The number of aromatic nitrogens is 4. The van der Waals surface area contributed by atoms with E-state index in [1.807, 2.05) is 0 Å². The van der Waals surface area contributed by atoms with Gasteiger partial charge in [0.05, 0.1) is 19.3 Å². The Morgan fingerprint density at radius 2 is 2.31 bits per heavy atom. The molecule has 2 aromatic rings. The number of nitrogens with one attached hydrogen (secondary N) is 1. The van der Waals surface area contributed by atoms with Crippen molar-refractivity contribution in [2.75, 3.05) is 7.11 Å². The van der Waals surface area contributed by atoms with Gasteiger partial charge in [0.2, 0.25) is 5.91 Å². The van der Waals surface area contributed by atoms with Crippen LogP contribution >= 0.6 is 0 Å². The first-order valence-electron chi connectivity index (χ1n) is 8.58. The van der Waals surface area contributed by atoms with Crippen LogP contribution in [0.3, 0.4) is 0 Å². The summed E-state index contributed by atoms with van der Waals surface area (Å²) >= 11 is 0. The number of ether oxygens (including phenoxy) is 1. The minimum atomic E-state index is -0.399. The Balaban J connectivity index is 1.66. The van der Waals surface area contributed by atoms with Crippen molar-refractivity contribution in [2.45, 2.75) is 44.4 Å². The van der Waals surface area contributed by atoms with Crippen LogP contribution in [0.5, 0.6) is 5.75 Å². The molecule has 1 aromatic heterocycles. The SMILES string of the molecule is COc1ccc(F)cc1C(NC(=O)CCCn1cnnn1)C1CC(O)C1. The molecule has 0 bridgehead atoms. The second-order valence-electron chi connectivity index (χ2n) is 6.49. The first kappa shape index (κ1) is 18.2. The molecule has 8 nitrogen and oxygen atoms in total. The van der Waals surface area contributed by atoms with Crippen molar-refractivity contribution in [1.29, 1.82) is 0 Å². The number of halogens is 1. The number of benzene rings is 1. The van der Waals surface area contributed by atoms with Gasteiger partial charge in [-0.25, -0.2) is 9.07 Å². The molecule has 1 aliphatic rings. The van der Waals surface area contributed by atoms with Crippen LogP contribution < -0.4 is 10.1 Å². The number of amides is 1. The normalized spacial score (nSPS) is 20.3. The largest absolute Gasteiger partial charge is 0.496 e. The molecule has 1 aromatic carbocycles. The fourth-order valence-corrected chi connectivity index (χ4v) is 3.23. The number of carbonyl (C=O) groups is 1. The Labute approximate surface area is 150 Å². The molecule has 1 fully saturated rings. The minimum absolute atomic E-state index is 0.0455. The Morgan fingerprint density at radius 3 is 2.96 bits per heavy atom. The quantitative estimate of drug-likeness (QED) is 0.731. The van der Waals surface area contributed by atoms with E-state index in [4.69, 9.17) is 4.74 Å². The van der Waals surface area contributed by atoms with Crippen molar-refractivity contribution >= 4 is 5.91 Å². The van der Waals surface area contributed by atoms with Gasteiger partial charge in [0, 0.05) is 18.5 Å². The van der Waals surface area contributed by atoms with E-state index in [9.17, 15) is 14.3 Å². The summed E-state index contributed by atoms with van der Waals surface area (Å²) in [5.74, 6) is 0.0327. The first-order valence-corrected chi connectivity index (χ1v) is 8.58. The number of methoxy groups -OCH3 is 1. The monoisotopic (exact) mass is 363 g/mol. The summed E-state index contributed by atoms with van der Waals surface area (Å²) in [6, 6.07) is 3.86. The second-order valence-corrected chi connectivity index (χ2v) is 6.49. The molecule has 0 aliphatic heterocycles. The van der Waals surface area contributed by atoms with Crippen molar-refractivity contribution in [2.24, 2.45) is 5.92 Å². The standard InChI is InChI=1S/C17H22FN5O3/c1-26-15-5-4-12(18)9-14(15)17(11-7-13(24)8-11)20-16(25)3-2-6-23-10-19-21-22-23/h4-5,9-11,13,17,24H,2-3,6-8H2,1H3,(H,20,25). The Hall–Kier alpha value is -2.55. The van der Waals surface area contributed by atoms with E-state index in [-0.39, 0.29) is 17.9 Å². The molecule has 1 aliphatic carbocycles. The van der Waals surface area contributed by atoms with Crippen molar-refractivity contribution in [1.82, 2.24) is 25.5 Å². The maximum absolute atomic E-state index is 13.8. The molecule has 1 saturated carbocycles. The van der Waals surface area contributed by atoms with E-state index >= 15 is 0 Å². The van der Waals surface area contributed by atoms with Gasteiger partial charge in [0.15, 0.2) is 0 Å². The van der Waals surface area contributed by atoms with Crippen molar-refractivity contribution in [3.63, 3.8) is 0 Å². The molecular formula is C17H22FN5O3. The third-order valence-electron chi connectivity index (χ3n) is 4.65. The maximum Gasteiger partial charge on any atom is 0.220 e. The smallest absolute Gasteiger partial charge is 0.220 e. The number of aryl methyl sites for hydroxylation is 1. The molecule has 0 saturated heterocycles. The van der Waals surface area contributed by atoms with Crippen LogP contribution in [0.25, 0.3) is 0 Å². The average molecular weight is 363 g/mol. The number of aliphatic hydroxyl groups excluding tert-OH is 1. The van der Waals surface area contributed by atoms with Crippen LogP contribution in [0.15, 0.2) is 24.5 Å². The molecule has 1 amide bonds. The summed E-state index contributed by atoms with van der Waals surface area (Å²) in [7, 11) is 1.51. The van der Waals surface area contributed by atoms with E-state index in [0.717, 1.165) is 0 Å². The molecular weight excluding hydrogens is 341 g/mol. The Bertz CT molecular complexity index is 734. The van der Waals surface area contributed by atoms with E-state index in [2.05, 4.69) is 20.8 Å². The molecule has 2 N–H and O–H groups in total. The van der Waals surface area contributed by atoms with E-state index in [0.29, 0.717) is 43.5 Å². The number of aliphatic hydroxyl groups is 1. The van der Waals surface area contributed by atoms with Crippen LogP contribution in [0, 0.1) is 11.7 Å². The zero-order valence-corrected chi connectivity index (χ0v) is 14.5. The van der Waals surface area contributed by atoms with Crippen molar-refractivity contribution in [3.8, 4) is 5.75 Å². The van der Waals surface area contributed by atoms with Gasteiger partial charge in [-0.3, -0.25) is 4.79 Å². The van der Waals surface area contributed by atoms with Crippen LogP contribution in [-0.4, -0.2) is 44.4 Å². The summed E-state index contributed by atoms with van der Waals surface area (Å²) in [6.45, 7) is 0.538. The van der Waals surface area contributed by atoms with Gasteiger partial charge in [-0.05, 0) is 53.8 Å². The second kappa shape index (κ2) is 8.22. The third kappa shape index (κ3) is 4.34. The highest BCUT2D eigenvalue weighted by Gasteiger charge is 2.37. The predicted octanol–water partition coefficient (Wildman–Crippen LogP) is 1.23. The summed E-state index contributed by atoms with van der Waals surface area (Å²) in [5, 5.41) is 23.5. The Morgan fingerprint density at radius 1 is 1.50 bits per heavy atom. The van der Waals surface area contributed by atoms with Crippen LogP contribution in [0.4, 0.5) is 4.39 Å². The molecule has 1 unspecified atom stereocenters. The van der Waals surface area contributed by atoms with E-state index < -0.39 is 11.9 Å². The number of tetrazole rings is 1. The maximum atomic E-state index is 13.8. The lowest BCUT2D eigenvalue weighted by Crippen LogP contribution is -2.41. The number of rotatable bonds is 8. The number of carbonyl (C=O) groups excluding carboxylic acids is 1. The highest BCUT2D eigenvalue weighted by molar-refractivity contribution is 5.76. The molecule has 1 atom stereocenters. The van der Waals surface area contributed by atoms with Gasteiger partial charge in [-0.15, -0.1) is 5.10 Å². The summed E-state index contributed by atoms with van der Waals surface area (Å²) in [5.41, 5.74) is 0.596. The van der Waals surface area contributed by atoms with Crippen molar-refractivity contribution in [3.05, 3.63) is 35.9 Å². The molecule has 26 heavy (non-hydrogen) atoms. The summed E-state index contributed by atoms with van der Waals surface area (Å²) in [6.07, 6.45) is 3.12. The van der Waals surface area contributed by atoms with Gasteiger partial charge >= 0.3 is 0 Å². The Kier molecular flexibility index (Phi) is 5.77. The van der Waals surface area contributed by atoms with Gasteiger partial charge in [0.25, 0.3) is 0 Å². The number of nitrogens with zero attached hydrogens (tertiary/aromatic N) is 4. The van der Waals surface area contributed by atoms with Gasteiger partial charge in [0.1, 0.15) is 17.9 Å². The highest BCUT2D eigenvalue weighted by atomic mass is 19.1. The highest BCUT2D eigenvalue weighted by Crippen LogP contribution is 2.41.